The van der Waals surface area contributed by atoms with E-state index in [-0.39, 0.29) is 38.7 Å². The van der Waals surface area contributed by atoms with Crippen molar-refractivity contribution in [1.29, 1.82) is 0 Å². The van der Waals surface area contributed by atoms with Gasteiger partial charge in [-0.1, -0.05) is 112 Å². The molecule has 0 atom stereocenters. The average molecular weight is 768 g/mol. The number of hydrogen-bond acceptors (Lipinski definition) is 3. The fourth-order valence-corrected chi connectivity index (χ4v) is 6.24. The Balaban J connectivity index is 0.00000357. The van der Waals surface area contributed by atoms with E-state index in [4.69, 9.17) is 9.97 Å². The predicted molar refractivity (Wildman–Crippen MR) is 181 cm³/mol. The van der Waals surface area contributed by atoms with E-state index < -0.39 is 0 Å². The zero-order valence-electron chi connectivity index (χ0n) is 25.7. The van der Waals surface area contributed by atoms with Crippen LogP contribution >= 0.6 is 0 Å². The third-order valence-electron chi connectivity index (χ3n) is 8.40. The van der Waals surface area contributed by atoms with Gasteiger partial charge >= 0.3 is 0 Å². The number of nitrogens with zero attached hydrogens (tertiary/aromatic N) is 3. The molecule has 2 aromatic heterocycles. The molecular formula is C40H34N3OPt-. The zero-order valence-corrected chi connectivity index (χ0v) is 28.0. The number of phenolic OH excluding ortho intramolecular Hbond substituents is 1. The Morgan fingerprint density at radius 2 is 1.29 bits per heavy atom. The van der Waals surface area contributed by atoms with Gasteiger partial charge in [0.2, 0.25) is 0 Å². The standard InChI is InChI=1S/C40H34N3O.Pt/c1-25(2)28-17-10-18-29(26(3)4)39(28)43-36-23-11-20-32(38(36)42-40(43)33-16-7-8-24-37(33)44)35-22-12-21-34(41-35)31-19-9-14-27-13-5-6-15-30(27)31;/h5-18,20-26,44H,1-4H3;/q-1;. The number of pyridine rings is 1. The number of aromatic nitrogens is 3. The van der Waals surface area contributed by atoms with Gasteiger partial charge in [0.1, 0.15) is 11.6 Å². The van der Waals surface area contributed by atoms with E-state index >= 15 is 0 Å². The van der Waals surface area contributed by atoms with E-state index in [2.05, 4.69) is 111 Å². The molecule has 0 spiro atoms. The van der Waals surface area contributed by atoms with Gasteiger partial charge in [-0.15, -0.1) is 29.1 Å². The molecule has 0 fully saturated rings. The molecular weight excluding hydrogens is 734 g/mol. The van der Waals surface area contributed by atoms with Gasteiger partial charge in [-0.05, 0) is 52.9 Å². The SMILES string of the molecule is CC(C)c1cccc(C(C)C)c1-n1c(-c2ccccc2O)nc2c(-c3cccc(-c4[c-]ccc5ccccc45)n3)cccc21.[Pt]. The maximum absolute atomic E-state index is 11.1. The molecule has 7 aromatic rings. The molecule has 4 nitrogen and oxygen atoms in total. The fourth-order valence-electron chi connectivity index (χ4n) is 6.24. The van der Waals surface area contributed by atoms with Crippen molar-refractivity contribution < 1.29 is 26.2 Å². The quantitative estimate of drug-likeness (QED) is 0.172. The maximum atomic E-state index is 11.1. The summed E-state index contributed by atoms with van der Waals surface area (Å²) in [6.07, 6.45) is 0. The second kappa shape index (κ2) is 12.5. The molecule has 0 aliphatic heterocycles. The van der Waals surface area contributed by atoms with Crippen LogP contribution in [0.15, 0.2) is 115 Å². The van der Waals surface area contributed by atoms with Crippen LogP contribution in [-0.2, 0) is 21.1 Å². The Kier molecular flexibility index (Phi) is 8.44. The van der Waals surface area contributed by atoms with Gasteiger partial charge in [-0.25, -0.2) is 4.98 Å². The van der Waals surface area contributed by atoms with Crippen LogP contribution in [-0.4, -0.2) is 19.6 Å². The second-order valence-electron chi connectivity index (χ2n) is 11.9. The molecule has 5 aromatic carbocycles. The molecule has 0 unspecified atom stereocenters. The molecule has 2 heterocycles. The van der Waals surface area contributed by atoms with Crippen molar-refractivity contribution in [3.8, 4) is 45.3 Å². The van der Waals surface area contributed by atoms with Crippen LogP contribution in [0.2, 0.25) is 0 Å². The molecule has 0 bridgehead atoms. The van der Waals surface area contributed by atoms with Crippen molar-refractivity contribution in [2.24, 2.45) is 0 Å². The number of benzene rings is 5. The Bertz CT molecular complexity index is 2130. The van der Waals surface area contributed by atoms with Gasteiger partial charge in [0, 0.05) is 26.6 Å². The van der Waals surface area contributed by atoms with E-state index in [1.54, 1.807) is 6.07 Å². The van der Waals surface area contributed by atoms with E-state index in [1.807, 2.05) is 36.4 Å². The molecule has 45 heavy (non-hydrogen) atoms. The van der Waals surface area contributed by atoms with Crippen LogP contribution in [0.5, 0.6) is 5.75 Å². The Morgan fingerprint density at radius 1 is 0.644 bits per heavy atom. The normalized spacial score (nSPS) is 11.4. The maximum Gasteiger partial charge on any atom is 0.149 e. The number of imidazole rings is 1. The van der Waals surface area contributed by atoms with E-state index in [1.165, 1.54) is 11.1 Å². The number of aromatic hydroxyl groups is 1. The topological polar surface area (TPSA) is 50.9 Å². The van der Waals surface area contributed by atoms with Gasteiger partial charge in [0.05, 0.1) is 28.0 Å². The molecule has 0 saturated carbocycles. The Labute approximate surface area is 278 Å². The molecule has 7 rings (SSSR count). The summed E-state index contributed by atoms with van der Waals surface area (Å²) in [4.78, 5) is 10.5. The first kappa shape index (κ1) is 30.5. The molecule has 0 aliphatic carbocycles. The minimum absolute atomic E-state index is 0. The van der Waals surface area contributed by atoms with E-state index in [9.17, 15) is 5.11 Å². The van der Waals surface area contributed by atoms with Gasteiger partial charge in [0.25, 0.3) is 0 Å². The molecule has 5 heteroatoms. The largest absolute Gasteiger partial charge is 0.507 e. The number of rotatable bonds is 6. The zero-order chi connectivity index (χ0) is 30.4. The van der Waals surface area contributed by atoms with Crippen molar-refractivity contribution >= 4 is 21.8 Å². The molecule has 0 amide bonds. The number of hydrogen-bond donors (Lipinski definition) is 1. The Morgan fingerprint density at radius 3 is 2.04 bits per heavy atom. The van der Waals surface area contributed by atoms with Gasteiger partial charge in [-0.3, -0.25) is 9.55 Å². The smallest absolute Gasteiger partial charge is 0.149 e. The van der Waals surface area contributed by atoms with Crippen LogP contribution < -0.4 is 0 Å². The van der Waals surface area contributed by atoms with Crippen molar-refractivity contribution in [2.75, 3.05) is 0 Å². The van der Waals surface area contributed by atoms with E-state index in [0.717, 1.165) is 50.0 Å². The summed E-state index contributed by atoms with van der Waals surface area (Å²) in [5.41, 5.74) is 9.72. The fraction of sp³-hybridized carbons (Fsp3) is 0.150. The predicted octanol–water partition coefficient (Wildman–Crippen LogP) is 10.3. The summed E-state index contributed by atoms with van der Waals surface area (Å²) in [6.45, 7) is 8.92. The van der Waals surface area contributed by atoms with Crippen molar-refractivity contribution in [3.63, 3.8) is 0 Å². The Hall–Kier alpha value is -4.53. The monoisotopic (exact) mass is 767 g/mol. The first-order chi connectivity index (χ1) is 21.4. The minimum atomic E-state index is 0. The van der Waals surface area contributed by atoms with Gasteiger partial charge < -0.3 is 5.11 Å². The first-order valence-electron chi connectivity index (χ1n) is 15.2. The summed E-state index contributed by atoms with van der Waals surface area (Å²) in [5.74, 6) is 1.48. The molecule has 0 aliphatic rings. The van der Waals surface area contributed by atoms with E-state index in [0.29, 0.717) is 11.4 Å². The minimum Gasteiger partial charge on any atom is -0.507 e. The van der Waals surface area contributed by atoms with Crippen LogP contribution in [0.4, 0.5) is 0 Å². The average Bonchev–Trinajstić information content (AvgIpc) is 3.43. The summed E-state index contributed by atoms with van der Waals surface area (Å²) in [7, 11) is 0. The number of phenols is 1. The summed E-state index contributed by atoms with van der Waals surface area (Å²) in [6, 6.07) is 42.3. The van der Waals surface area contributed by atoms with Gasteiger partial charge in [0.15, 0.2) is 0 Å². The molecule has 0 radical (unpaired) electrons. The molecule has 226 valence electrons. The van der Waals surface area contributed by atoms with Crippen LogP contribution in [0.25, 0.3) is 61.4 Å². The number of para-hydroxylation sites is 3. The van der Waals surface area contributed by atoms with Crippen LogP contribution in [0.3, 0.4) is 0 Å². The molecule has 0 saturated heterocycles. The second-order valence-corrected chi connectivity index (χ2v) is 11.9. The summed E-state index contributed by atoms with van der Waals surface area (Å²) < 4.78 is 2.25. The van der Waals surface area contributed by atoms with Gasteiger partial charge in [-0.2, -0.15) is 0 Å². The third kappa shape index (κ3) is 5.38. The van der Waals surface area contributed by atoms with Crippen molar-refractivity contribution in [2.45, 2.75) is 39.5 Å². The summed E-state index contributed by atoms with van der Waals surface area (Å²) >= 11 is 0. The molecule has 1 N–H and O–H groups in total. The summed E-state index contributed by atoms with van der Waals surface area (Å²) in [5, 5.41) is 13.4. The van der Waals surface area contributed by atoms with Crippen LogP contribution in [0, 0.1) is 6.07 Å². The third-order valence-corrected chi connectivity index (χ3v) is 8.40. The van der Waals surface area contributed by atoms with Crippen molar-refractivity contribution in [3.05, 3.63) is 132 Å². The first-order valence-corrected chi connectivity index (χ1v) is 15.2. The van der Waals surface area contributed by atoms with Crippen LogP contribution in [0.1, 0.15) is 50.7 Å². The van der Waals surface area contributed by atoms with Crippen molar-refractivity contribution in [1.82, 2.24) is 14.5 Å². The number of fused-ring (bicyclic) bond motifs is 2.